The number of aromatic nitrogens is 2. The highest BCUT2D eigenvalue weighted by molar-refractivity contribution is 7.54. The van der Waals surface area contributed by atoms with Gasteiger partial charge in [0, 0.05) is 6.20 Å². The van der Waals surface area contributed by atoms with Crippen LogP contribution in [0.15, 0.2) is 17.1 Å². The molecule has 0 amide bonds. The molecule has 1 aromatic heterocycles. The third-order valence-corrected chi connectivity index (χ3v) is 9.42. The van der Waals surface area contributed by atoms with E-state index in [-0.39, 0.29) is 43.7 Å². The van der Waals surface area contributed by atoms with Gasteiger partial charge in [0.25, 0.3) is 0 Å². The number of esters is 2. The fraction of sp³-hybridized carbons (Fsp3) is 0.778. The minimum atomic E-state index is -4.27. The monoisotopic (exact) mass is 631 g/mol. The lowest BCUT2D eigenvalue weighted by Gasteiger charge is -2.31. The van der Waals surface area contributed by atoms with Crippen molar-refractivity contribution in [3.63, 3.8) is 0 Å². The SMILES string of the molecule is CCOC(=O)C(CC(C)C)NP(=O)(NC(CC(C)C)C(=O)OCC)OC[C@H]1OC2(C)[C@@H](n3ccc(N)nc3=O)C2(O)C1O. The number of carbonyl (C=O) groups excluding carboxylic acids is 2. The number of nitrogen functional groups attached to an aromatic ring is 1. The van der Waals surface area contributed by atoms with Crippen molar-refractivity contribution in [2.24, 2.45) is 11.8 Å². The fourth-order valence-electron chi connectivity index (χ4n) is 5.61. The lowest BCUT2D eigenvalue weighted by Crippen LogP contribution is -2.47. The van der Waals surface area contributed by atoms with Crippen LogP contribution >= 0.6 is 7.67 Å². The van der Waals surface area contributed by atoms with Crippen molar-refractivity contribution in [3.05, 3.63) is 22.7 Å². The number of hydrogen-bond acceptors (Lipinski definition) is 12. The van der Waals surface area contributed by atoms with Crippen molar-refractivity contribution in [2.75, 3.05) is 25.6 Å². The predicted molar refractivity (Wildman–Crippen MR) is 156 cm³/mol. The van der Waals surface area contributed by atoms with Crippen LogP contribution in [0.25, 0.3) is 0 Å². The molecule has 1 aliphatic heterocycles. The molecule has 1 saturated heterocycles. The molecule has 2 aliphatic rings. The standard InChI is InChI=1S/C27H46N5O10P/c1-8-39-22(34)17(12-15(3)4)30-43(38,31-18(13-16(5)6)23(35)40-9-2)41-14-19-21(33)27(37)24(26(27,7)42-19)32-11-10-20(28)29-25(32)36/h10-11,15-19,21,24,33,37H,8-9,12-14H2,1-7H3,(H2,28,29,36)(H2,30,31,38)/t17?,18?,19-,21?,24-,26?,27?,43?/m1/s1. The van der Waals surface area contributed by atoms with Crippen molar-refractivity contribution < 1.29 is 43.1 Å². The Morgan fingerprint density at radius 3 is 2.02 bits per heavy atom. The third kappa shape index (κ3) is 7.47. The van der Waals surface area contributed by atoms with E-state index in [9.17, 15) is 29.2 Å². The fourth-order valence-corrected chi connectivity index (χ4v) is 7.43. The van der Waals surface area contributed by atoms with Gasteiger partial charge in [0.05, 0.1) is 19.8 Å². The number of aliphatic hydroxyl groups is 2. The number of fused-ring (bicyclic) bond motifs is 1. The van der Waals surface area contributed by atoms with E-state index in [1.54, 1.807) is 13.8 Å². The zero-order chi connectivity index (χ0) is 32.3. The van der Waals surface area contributed by atoms with Gasteiger partial charge in [-0.05, 0) is 51.5 Å². The lowest BCUT2D eigenvalue weighted by atomic mass is 10.1. The molecule has 0 spiro atoms. The Balaban J connectivity index is 1.86. The van der Waals surface area contributed by atoms with E-state index in [1.807, 2.05) is 27.7 Å². The summed E-state index contributed by atoms with van der Waals surface area (Å²) >= 11 is 0. The molecule has 0 aromatic carbocycles. The highest BCUT2D eigenvalue weighted by Gasteiger charge is 2.85. The Labute approximate surface area is 251 Å². The first-order chi connectivity index (χ1) is 20.0. The zero-order valence-electron chi connectivity index (χ0n) is 25.8. The summed E-state index contributed by atoms with van der Waals surface area (Å²) in [7, 11) is -4.27. The molecule has 15 nitrogen and oxygen atoms in total. The first kappa shape index (κ1) is 35.1. The van der Waals surface area contributed by atoms with E-state index in [2.05, 4.69) is 15.2 Å². The zero-order valence-corrected chi connectivity index (χ0v) is 26.7. The minimum Gasteiger partial charge on any atom is -0.465 e. The van der Waals surface area contributed by atoms with Crippen molar-refractivity contribution >= 4 is 25.4 Å². The van der Waals surface area contributed by atoms with E-state index in [0.29, 0.717) is 0 Å². The second kappa shape index (κ2) is 13.7. The van der Waals surface area contributed by atoms with Gasteiger partial charge in [-0.2, -0.15) is 4.98 Å². The minimum absolute atomic E-state index is 0.00339. The van der Waals surface area contributed by atoms with Gasteiger partial charge in [-0.3, -0.25) is 18.7 Å². The molecular weight excluding hydrogens is 585 g/mol. The molecule has 3 rings (SSSR count). The van der Waals surface area contributed by atoms with Crippen LogP contribution in [-0.4, -0.2) is 87.0 Å². The Morgan fingerprint density at radius 1 is 1.12 bits per heavy atom. The van der Waals surface area contributed by atoms with Gasteiger partial charge < -0.3 is 34.7 Å². The molecule has 1 saturated carbocycles. The maximum Gasteiger partial charge on any atom is 0.349 e. The van der Waals surface area contributed by atoms with Crippen LogP contribution in [0.5, 0.6) is 0 Å². The lowest BCUT2D eigenvalue weighted by molar-refractivity contribution is -0.146. The topological polar surface area (TPSA) is 214 Å². The maximum atomic E-state index is 14.4. The number of nitrogens with one attached hydrogen (secondary N) is 2. The van der Waals surface area contributed by atoms with E-state index < -0.39 is 73.4 Å². The molecule has 43 heavy (non-hydrogen) atoms. The summed E-state index contributed by atoms with van der Waals surface area (Å²) in [5, 5.41) is 28.0. The summed E-state index contributed by atoms with van der Waals surface area (Å²) in [6, 6.07) is -1.69. The predicted octanol–water partition coefficient (Wildman–Crippen LogP) is 0.889. The van der Waals surface area contributed by atoms with Crippen LogP contribution < -0.4 is 21.6 Å². The molecule has 2 fully saturated rings. The van der Waals surface area contributed by atoms with Crippen LogP contribution in [0.2, 0.25) is 0 Å². The molecule has 1 aliphatic carbocycles. The summed E-state index contributed by atoms with van der Waals surface area (Å²) in [6.45, 7) is 12.0. The number of nitrogens with two attached hydrogens (primary N) is 1. The second-order valence-electron chi connectivity index (χ2n) is 12.0. The summed E-state index contributed by atoms with van der Waals surface area (Å²) < 4.78 is 37.7. The van der Waals surface area contributed by atoms with Crippen molar-refractivity contribution in [1.29, 1.82) is 0 Å². The maximum absolute atomic E-state index is 14.4. The van der Waals surface area contributed by atoms with E-state index in [4.69, 9.17) is 24.5 Å². The highest BCUT2D eigenvalue weighted by Crippen LogP contribution is 2.67. The van der Waals surface area contributed by atoms with Gasteiger partial charge in [-0.15, -0.1) is 0 Å². The first-order valence-corrected chi connectivity index (χ1v) is 16.2. The average molecular weight is 632 g/mol. The number of carbonyl (C=O) groups is 2. The molecule has 7 atom stereocenters. The largest absolute Gasteiger partial charge is 0.465 e. The Bertz CT molecular complexity index is 1220. The van der Waals surface area contributed by atoms with Crippen LogP contribution in [0, 0.1) is 11.8 Å². The molecule has 244 valence electrons. The number of nitrogens with zero attached hydrogens (tertiary/aromatic N) is 2. The number of anilines is 1. The molecule has 1 aromatic rings. The van der Waals surface area contributed by atoms with Gasteiger partial charge in [0.15, 0.2) is 0 Å². The van der Waals surface area contributed by atoms with Crippen LogP contribution in [0.4, 0.5) is 5.82 Å². The smallest absolute Gasteiger partial charge is 0.349 e. The summed E-state index contributed by atoms with van der Waals surface area (Å²) in [5.41, 5.74) is 1.57. The van der Waals surface area contributed by atoms with Crippen molar-refractivity contribution in [1.82, 2.24) is 19.7 Å². The molecule has 5 unspecified atom stereocenters. The highest BCUT2D eigenvalue weighted by atomic mass is 31.2. The van der Waals surface area contributed by atoms with Gasteiger partial charge in [0.1, 0.15) is 47.4 Å². The van der Waals surface area contributed by atoms with Crippen LogP contribution in [0.1, 0.15) is 67.3 Å². The summed E-state index contributed by atoms with van der Waals surface area (Å²) in [5.74, 6) is -1.30. The Hall–Kier alpha value is -2.39. The Kier molecular flexibility index (Phi) is 11.2. The molecule has 6 N–H and O–H groups in total. The normalized spacial score (nSPS) is 29.1. The quantitative estimate of drug-likeness (QED) is 0.127. The Morgan fingerprint density at radius 2 is 1.63 bits per heavy atom. The first-order valence-electron chi connectivity index (χ1n) is 14.6. The van der Waals surface area contributed by atoms with Gasteiger partial charge >= 0.3 is 25.3 Å². The molecular formula is C27H46N5O10P. The van der Waals surface area contributed by atoms with Gasteiger partial charge in [-0.1, -0.05) is 27.7 Å². The van der Waals surface area contributed by atoms with E-state index in [0.717, 1.165) is 4.57 Å². The number of rotatable bonds is 16. The van der Waals surface area contributed by atoms with Crippen molar-refractivity contribution in [2.45, 2.75) is 103 Å². The number of aliphatic hydroxyl groups excluding tert-OH is 1. The molecule has 0 radical (unpaired) electrons. The van der Waals surface area contributed by atoms with Gasteiger partial charge in [-0.25, -0.2) is 15.0 Å². The number of ether oxygens (including phenoxy) is 3. The third-order valence-electron chi connectivity index (χ3n) is 7.61. The molecule has 0 bridgehead atoms. The molecule has 2 heterocycles. The second-order valence-corrected chi connectivity index (χ2v) is 13.8. The van der Waals surface area contributed by atoms with E-state index >= 15 is 0 Å². The summed E-state index contributed by atoms with van der Waals surface area (Å²) in [6.07, 6.45) is -0.899. The molecule has 16 heteroatoms. The van der Waals surface area contributed by atoms with Crippen LogP contribution in [-0.2, 0) is 32.9 Å². The van der Waals surface area contributed by atoms with Crippen molar-refractivity contribution in [3.8, 4) is 0 Å². The average Bonchev–Trinajstić information content (AvgIpc) is 3.31. The van der Waals surface area contributed by atoms with E-state index in [1.165, 1.54) is 19.2 Å². The number of hydrogen-bond donors (Lipinski definition) is 5. The van der Waals surface area contributed by atoms with Crippen LogP contribution in [0.3, 0.4) is 0 Å². The summed E-state index contributed by atoms with van der Waals surface area (Å²) in [4.78, 5) is 41.7. The van der Waals surface area contributed by atoms with Gasteiger partial charge in [0.2, 0.25) is 0 Å².